The van der Waals surface area contributed by atoms with Crippen molar-refractivity contribution in [3.05, 3.63) is 35.0 Å². The summed E-state index contributed by atoms with van der Waals surface area (Å²) in [7, 11) is 0. The normalized spacial score (nSPS) is 24.8. The van der Waals surface area contributed by atoms with Gasteiger partial charge in [-0.2, -0.15) is 4.39 Å². The van der Waals surface area contributed by atoms with Gasteiger partial charge in [0, 0.05) is 31.9 Å². The summed E-state index contributed by atoms with van der Waals surface area (Å²) >= 11 is 5.86. The van der Waals surface area contributed by atoms with Crippen LogP contribution in [0, 0.1) is 11.9 Å². The van der Waals surface area contributed by atoms with E-state index < -0.39 is 5.95 Å². The largest absolute Gasteiger partial charge is 0.333 e. The van der Waals surface area contributed by atoms with Crippen molar-refractivity contribution < 1.29 is 9.18 Å². The summed E-state index contributed by atoms with van der Waals surface area (Å²) in [6, 6.07) is 3.39. The monoisotopic (exact) mass is 308 g/mol. The van der Waals surface area contributed by atoms with Crippen LogP contribution in [-0.2, 0) is 0 Å². The van der Waals surface area contributed by atoms with E-state index in [4.69, 9.17) is 11.6 Å². The molecule has 21 heavy (non-hydrogen) atoms. The van der Waals surface area contributed by atoms with Crippen molar-refractivity contribution in [2.24, 2.45) is 5.92 Å². The summed E-state index contributed by atoms with van der Waals surface area (Å²) in [4.78, 5) is 18.5. The van der Waals surface area contributed by atoms with E-state index in [1.165, 1.54) is 10.6 Å². The highest BCUT2D eigenvalue weighted by Gasteiger charge is 2.41. The van der Waals surface area contributed by atoms with E-state index in [1.807, 2.05) is 0 Å². The Morgan fingerprint density at radius 2 is 2.29 bits per heavy atom. The highest BCUT2D eigenvalue weighted by molar-refractivity contribution is 6.30. The fourth-order valence-corrected chi connectivity index (χ4v) is 3.52. The Morgan fingerprint density at radius 3 is 3.14 bits per heavy atom. The molecule has 1 N–H and O–H groups in total. The first-order valence-corrected chi connectivity index (χ1v) is 7.38. The van der Waals surface area contributed by atoms with Gasteiger partial charge in [-0.1, -0.05) is 11.6 Å². The molecule has 2 saturated heterocycles. The average molecular weight is 309 g/mol. The Hall–Kier alpha value is -1.66. The third kappa shape index (κ3) is 1.93. The van der Waals surface area contributed by atoms with Crippen molar-refractivity contribution in [1.29, 1.82) is 0 Å². The first-order chi connectivity index (χ1) is 10.1. The maximum atomic E-state index is 14.4. The zero-order valence-electron chi connectivity index (χ0n) is 11.2. The highest BCUT2D eigenvalue weighted by Crippen LogP contribution is 2.29. The number of likely N-dealkylation sites (tertiary alicyclic amines) is 1. The molecule has 0 spiro atoms. The maximum Gasteiger partial charge on any atom is 0.277 e. The smallest absolute Gasteiger partial charge is 0.277 e. The number of nitrogens with one attached hydrogen (secondary N) is 1. The van der Waals surface area contributed by atoms with E-state index >= 15 is 0 Å². The zero-order valence-corrected chi connectivity index (χ0v) is 12.0. The first kappa shape index (κ1) is 13.0. The third-order valence-electron chi connectivity index (χ3n) is 4.43. The Labute approximate surface area is 125 Å². The number of pyridine rings is 1. The number of aromatic nitrogens is 2. The first-order valence-electron chi connectivity index (χ1n) is 7.00. The van der Waals surface area contributed by atoms with E-state index in [0.717, 1.165) is 19.5 Å². The predicted octanol–water partition coefficient (Wildman–Crippen LogP) is 1.56. The summed E-state index contributed by atoms with van der Waals surface area (Å²) in [5, 5.41) is 3.68. The summed E-state index contributed by atoms with van der Waals surface area (Å²) in [5.74, 6) is -0.501. The number of carbonyl (C=O) groups excluding carboxylic acids is 1. The topological polar surface area (TPSA) is 49.6 Å². The second kappa shape index (κ2) is 4.68. The quantitative estimate of drug-likeness (QED) is 0.870. The molecular formula is C14H14ClFN4O. The molecule has 0 aromatic carbocycles. The fraction of sp³-hybridized carbons (Fsp3) is 0.429. The third-order valence-corrected chi connectivity index (χ3v) is 4.66. The molecular weight excluding hydrogens is 295 g/mol. The lowest BCUT2D eigenvalue weighted by Crippen LogP contribution is -2.39. The van der Waals surface area contributed by atoms with Gasteiger partial charge < -0.3 is 10.2 Å². The predicted molar refractivity (Wildman–Crippen MR) is 76.0 cm³/mol. The van der Waals surface area contributed by atoms with Crippen LogP contribution in [0.25, 0.3) is 5.65 Å². The summed E-state index contributed by atoms with van der Waals surface area (Å²) in [6.45, 7) is 2.37. The lowest BCUT2D eigenvalue weighted by atomic mass is 10.1. The van der Waals surface area contributed by atoms with Gasteiger partial charge in [0.25, 0.3) is 5.91 Å². The molecule has 0 radical (unpaired) electrons. The van der Waals surface area contributed by atoms with Crippen molar-refractivity contribution in [2.45, 2.75) is 12.5 Å². The minimum Gasteiger partial charge on any atom is -0.333 e. The average Bonchev–Trinajstić information content (AvgIpc) is 3.13. The lowest BCUT2D eigenvalue weighted by Gasteiger charge is -2.22. The minimum absolute atomic E-state index is 0.121. The Bertz CT molecular complexity index is 731. The number of halogens is 2. The zero-order chi connectivity index (χ0) is 14.6. The van der Waals surface area contributed by atoms with Gasteiger partial charge in [-0.15, -0.1) is 0 Å². The number of rotatable bonds is 1. The van der Waals surface area contributed by atoms with Crippen molar-refractivity contribution in [2.75, 3.05) is 19.6 Å². The van der Waals surface area contributed by atoms with E-state index in [9.17, 15) is 9.18 Å². The molecule has 7 heteroatoms. The number of nitrogens with zero attached hydrogens (tertiary/aromatic N) is 3. The summed E-state index contributed by atoms with van der Waals surface area (Å²) < 4.78 is 15.7. The van der Waals surface area contributed by atoms with Crippen LogP contribution in [0.2, 0.25) is 5.02 Å². The molecule has 2 aliphatic rings. The SMILES string of the molecule is O=C(c1nc2ccc(Cl)cn2c1F)N1CC[C@@H]2CNC[C@@H]21. The van der Waals surface area contributed by atoms with Crippen LogP contribution in [-0.4, -0.2) is 45.9 Å². The Morgan fingerprint density at radius 1 is 1.43 bits per heavy atom. The molecule has 2 aromatic heterocycles. The van der Waals surface area contributed by atoms with Gasteiger partial charge in [0.2, 0.25) is 5.95 Å². The number of carbonyl (C=O) groups is 1. The maximum absolute atomic E-state index is 14.4. The molecule has 2 aromatic rings. The minimum atomic E-state index is -0.646. The molecule has 0 aliphatic carbocycles. The summed E-state index contributed by atoms with van der Waals surface area (Å²) in [6.07, 6.45) is 2.39. The van der Waals surface area contributed by atoms with Crippen LogP contribution in [0.5, 0.6) is 0 Å². The van der Waals surface area contributed by atoms with Gasteiger partial charge in [0.1, 0.15) is 5.65 Å². The van der Waals surface area contributed by atoms with Crippen LogP contribution >= 0.6 is 11.6 Å². The number of fused-ring (bicyclic) bond motifs is 2. The van der Waals surface area contributed by atoms with E-state index in [-0.39, 0.29) is 17.6 Å². The molecule has 1 amide bonds. The van der Waals surface area contributed by atoms with Gasteiger partial charge >= 0.3 is 0 Å². The molecule has 0 saturated carbocycles. The molecule has 2 atom stereocenters. The van der Waals surface area contributed by atoms with Gasteiger partial charge in [-0.3, -0.25) is 9.20 Å². The van der Waals surface area contributed by atoms with E-state index in [0.29, 0.717) is 23.1 Å². The number of amides is 1. The standard InChI is InChI=1S/C14H14ClFN4O/c15-9-1-2-11-18-12(13(16)20(11)7-9)14(21)19-4-3-8-5-17-6-10(8)19/h1-2,7-8,10,17H,3-6H2/t8-,10+/m1/s1. The molecule has 4 heterocycles. The van der Waals surface area contributed by atoms with E-state index in [1.54, 1.807) is 17.0 Å². The van der Waals surface area contributed by atoms with Crippen LogP contribution in [0.15, 0.2) is 18.3 Å². The number of hydrogen-bond donors (Lipinski definition) is 1. The molecule has 2 fully saturated rings. The number of hydrogen-bond acceptors (Lipinski definition) is 3. The highest BCUT2D eigenvalue weighted by atomic mass is 35.5. The molecule has 0 bridgehead atoms. The Kier molecular flexibility index (Phi) is 2.90. The molecule has 0 unspecified atom stereocenters. The van der Waals surface area contributed by atoms with Gasteiger partial charge in [0.15, 0.2) is 5.69 Å². The molecule has 4 rings (SSSR count). The van der Waals surface area contributed by atoms with Crippen molar-refractivity contribution in [3.8, 4) is 0 Å². The van der Waals surface area contributed by atoms with E-state index in [2.05, 4.69) is 10.3 Å². The second-order valence-electron chi connectivity index (χ2n) is 5.60. The van der Waals surface area contributed by atoms with Crippen molar-refractivity contribution >= 4 is 23.2 Å². The lowest BCUT2D eigenvalue weighted by molar-refractivity contribution is 0.0726. The van der Waals surface area contributed by atoms with Crippen LogP contribution in [0.3, 0.4) is 0 Å². The molecule has 5 nitrogen and oxygen atoms in total. The molecule has 2 aliphatic heterocycles. The molecule has 110 valence electrons. The van der Waals surface area contributed by atoms with Crippen LogP contribution in [0.4, 0.5) is 4.39 Å². The van der Waals surface area contributed by atoms with Crippen LogP contribution in [0.1, 0.15) is 16.9 Å². The van der Waals surface area contributed by atoms with Crippen molar-refractivity contribution in [3.63, 3.8) is 0 Å². The van der Waals surface area contributed by atoms with Gasteiger partial charge in [-0.25, -0.2) is 4.98 Å². The fourth-order valence-electron chi connectivity index (χ4n) is 3.36. The van der Waals surface area contributed by atoms with Crippen LogP contribution < -0.4 is 5.32 Å². The summed E-state index contributed by atoms with van der Waals surface area (Å²) in [5.41, 5.74) is 0.269. The van der Waals surface area contributed by atoms with Gasteiger partial charge in [-0.05, 0) is 24.5 Å². The van der Waals surface area contributed by atoms with Crippen molar-refractivity contribution in [1.82, 2.24) is 19.6 Å². The van der Waals surface area contributed by atoms with Gasteiger partial charge in [0.05, 0.1) is 5.02 Å². The second-order valence-corrected chi connectivity index (χ2v) is 6.04. The number of imidazole rings is 1. The Balaban J connectivity index is 1.73.